The summed E-state index contributed by atoms with van der Waals surface area (Å²) in [7, 11) is 3.34. The second-order valence-electron chi connectivity index (χ2n) is 5.14. The molecule has 6 heteroatoms. The number of benzene rings is 1. The molecular weight excluding hydrogens is 294 g/mol. The Hall–Kier alpha value is -1.95. The Bertz CT molecular complexity index is 449. The van der Waals surface area contributed by atoms with Gasteiger partial charge in [-0.05, 0) is 38.1 Å². The zero-order valence-corrected chi connectivity index (χ0v) is 14.6. The molecule has 6 nitrogen and oxygen atoms in total. The Morgan fingerprint density at radius 2 is 1.87 bits per heavy atom. The van der Waals surface area contributed by atoms with Gasteiger partial charge in [0.25, 0.3) is 0 Å². The van der Waals surface area contributed by atoms with Gasteiger partial charge in [0.05, 0.1) is 20.3 Å². The Labute approximate surface area is 139 Å². The van der Waals surface area contributed by atoms with E-state index in [0.717, 1.165) is 30.4 Å². The average Bonchev–Trinajstić information content (AvgIpc) is 2.55. The van der Waals surface area contributed by atoms with Crippen LogP contribution in [-0.2, 0) is 4.74 Å². The fourth-order valence-electron chi connectivity index (χ4n) is 1.96. The first-order valence-corrected chi connectivity index (χ1v) is 8.00. The van der Waals surface area contributed by atoms with Gasteiger partial charge < -0.3 is 24.8 Å². The molecule has 0 aliphatic rings. The highest BCUT2D eigenvalue weighted by molar-refractivity contribution is 5.80. The molecule has 1 atom stereocenters. The second-order valence-corrected chi connectivity index (χ2v) is 5.14. The van der Waals surface area contributed by atoms with Crippen LogP contribution in [0.1, 0.15) is 20.3 Å². The lowest BCUT2D eigenvalue weighted by Gasteiger charge is -2.17. The molecule has 1 unspecified atom stereocenters. The number of nitrogens with zero attached hydrogens (tertiary/aromatic N) is 1. The summed E-state index contributed by atoms with van der Waals surface area (Å²) in [5, 5.41) is 6.52. The number of hydrogen-bond donors (Lipinski definition) is 2. The molecule has 0 spiro atoms. The van der Waals surface area contributed by atoms with Crippen molar-refractivity contribution in [1.82, 2.24) is 10.6 Å². The molecule has 1 aromatic rings. The largest absolute Gasteiger partial charge is 0.497 e. The van der Waals surface area contributed by atoms with Crippen LogP contribution in [-0.4, -0.2) is 52.5 Å². The summed E-state index contributed by atoms with van der Waals surface area (Å²) in [6, 6.07) is 7.80. The number of guanidine groups is 1. The van der Waals surface area contributed by atoms with Crippen molar-refractivity contribution in [2.45, 2.75) is 26.3 Å². The Kier molecular flexibility index (Phi) is 9.63. The van der Waals surface area contributed by atoms with Crippen molar-refractivity contribution in [2.75, 3.05) is 40.5 Å². The van der Waals surface area contributed by atoms with Crippen molar-refractivity contribution in [1.29, 1.82) is 0 Å². The van der Waals surface area contributed by atoms with Crippen LogP contribution < -0.4 is 20.1 Å². The molecule has 0 saturated heterocycles. The van der Waals surface area contributed by atoms with Crippen LogP contribution in [0.2, 0.25) is 0 Å². The van der Waals surface area contributed by atoms with Crippen molar-refractivity contribution >= 4 is 5.96 Å². The molecule has 1 rings (SSSR count). The van der Waals surface area contributed by atoms with Gasteiger partial charge in [-0.25, -0.2) is 0 Å². The van der Waals surface area contributed by atoms with Crippen molar-refractivity contribution in [3.63, 3.8) is 0 Å². The van der Waals surface area contributed by atoms with Crippen LogP contribution in [0.4, 0.5) is 0 Å². The third-order valence-corrected chi connectivity index (χ3v) is 3.04. The van der Waals surface area contributed by atoms with Crippen LogP contribution in [0, 0.1) is 0 Å². The van der Waals surface area contributed by atoms with Gasteiger partial charge >= 0.3 is 0 Å². The molecule has 2 N–H and O–H groups in total. The highest BCUT2D eigenvalue weighted by atomic mass is 16.5. The minimum Gasteiger partial charge on any atom is -0.497 e. The van der Waals surface area contributed by atoms with Gasteiger partial charge in [-0.1, -0.05) is 0 Å². The topological polar surface area (TPSA) is 64.1 Å². The minimum atomic E-state index is 0.216. The van der Waals surface area contributed by atoms with Gasteiger partial charge in [0.15, 0.2) is 5.96 Å². The fraction of sp³-hybridized carbons (Fsp3) is 0.588. The fourth-order valence-corrected chi connectivity index (χ4v) is 1.96. The highest BCUT2D eigenvalue weighted by Crippen LogP contribution is 2.16. The maximum atomic E-state index is 5.68. The third kappa shape index (κ3) is 8.30. The van der Waals surface area contributed by atoms with E-state index in [2.05, 4.69) is 22.5 Å². The molecule has 0 aliphatic heterocycles. The Balaban J connectivity index is 2.30. The van der Waals surface area contributed by atoms with Gasteiger partial charge in [0, 0.05) is 32.7 Å². The normalized spacial score (nSPS) is 12.6. The molecule has 0 bridgehead atoms. The van der Waals surface area contributed by atoms with Gasteiger partial charge in [-0.3, -0.25) is 4.99 Å². The molecule has 0 fully saturated rings. The lowest BCUT2D eigenvalue weighted by atomic mass is 10.3. The molecule has 130 valence electrons. The summed E-state index contributed by atoms with van der Waals surface area (Å²) in [5.41, 5.74) is 0. The maximum absolute atomic E-state index is 5.68. The first-order valence-electron chi connectivity index (χ1n) is 8.00. The van der Waals surface area contributed by atoms with Crippen LogP contribution >= 0.6 is 0 Å². The first kappa shape index (κ1) is 19.1. The molecule has 0 aliphatic carbocycles. The summed E-state index contributed by atoms with van der Waals surface area (Å²) in [6.07, 6.45) is 0.848. The lowest BCUT2D eigenvalue weighted by molar-refractivity contribution is 0.179. The van der Waals surface area contributed by atoms with E-state index in [1.807, 2.05) is 31.2 Å². The number of nitrogens with one attached hydrogen (secondary N) is 2. The average molecular weight is 323 g/mol. The number of rotatable bonds is 10. The number of hydrogen-bond acceptors (Lipinski definition) is 4. The second kappa shape index (κ2) is 11.6. The van der Waals surface area contributed by atoms with Gasteiger partial charge in [0.2, 0.25) is 0 Å². The third-order valence-electron chi connectivity index (χ3n) is 3.04. The smallest absolute Gasteiger partial charge is 0.191 e. The number of ether oxygens (including phenoxy) is 3. The van der Waals surface area contributed by atoms with E-state index in [0.29, 0.717) is 19.8 Å². The van der Waals surface area contributed by atoms with Crippen LogP contribution in [0.15, 0.2) is 29.3 Å². The predicted octanol–water partition coefficient (Wildman–Crippen LogP) is 2.05. The first-order chi connectivity index (χ1) is 11.2. The summed E-state index contributed by atoms with van der Waals surface area (Å²) in [6.45, 7) is 6.90. The van der Waals surface area contributed by atoms with E-state index in [1.165, 1.54) is 0 Å². The van der Waals surface area contributed by atoms with Crippen molar-refractivity contribution in [3.8, 4) is 11.5 Å². The van der Waals surface area contributed by atoms with Gasteiger partial charge in [0.1, 0.15) is 11.5 Å². The lowest BCUT2D eigenvalue weighted by Crippen LogP contribution is -2.44. The number of aliphatic imine (C=N–C) groups is 1. The predicted molar refractivity (Wildman–Crippen MR) is 93.6 cm³/mol. The van der Waals surface area contributed by atoms with Crippen LogP contribution in [0.5, 0.6) is 11.5 Å². The molecule has 0 amide bonds. The summed E-state index contributed by atoms with van der Waals surface area (Å²) < 4.78 is 15.9. The molecule has 0 aromatic heterocycles. The molecular formula is C17H29N3O3. The summed E-state index contributed by atoms with van der Waals surface area (Å²) in [4.78, 5) is 4.53. The van der Waals surface area contributed by atoms with E-state index in [9.17, 15) is 0 Å². The van der Waals surface area contributed by atoms with Gasteiger partial charge in [-0.2, -0.15) is 0 Å². The van der Waals surface area contributed by atoms with E-state index in [4.69, 9.17) is 14.2 Å². The number of methoxy groups -OCH3 is 2. The van der Waals surface area contributed by atoms with Gasteiger partial charge in [-0.15, -0.1) is 0 Å². The zero-order chi connectivity index (χ0) is 16.9. The van der Waals surface area contributed by atoms with Crippen LogP contribution in [0.25, 0.3) is 0 Å². The van der Waals surface area contributed by atoms with Crippen molar-refractivity contribution in [2.24, 2.45) is 4.99 Å². The van der Waals surface area contributed by atoms with E-state index in [1.54, 1.807) is 14.2 Å². The zero-order valence-electron chi connectivity index (χ0n) is 14.6. The standard InChI is InChI=1S/C17H29N3O3/c1-5-18-17(20-14(2)13-21-3)19-11-6-12-23-16-9-7-15(22-4)8-10-16/h7-10,14H,5-6,11-13H2,1-4H3,(H2,18,19,20). The molecule has 0 radical (unpaired) electrons. The quantitative estimate of drug-likeness (QED) is 0.392. The highest BCUT2D eigenvalue weighted by Gasteiger charge is 2.03. The van der Waals surface area contributed by atoms with E-state index >= 15 is 0 Å². The van der Waals surface area contributed by atoms with Crippen LogP contribution in [0.3, 0.4) is 0 Å². The summed E-state index contributed by atoms with van der Waals surface area (Å²) in [5.74, 6) is 2.48. The SMILES string of the molecule is CCNC(=NCCCOc1ccc(OC)cc1)NC(C)COC. The Morgan fingerprint density at radius 3 is 2.48 bits per heavy atom. The molecule has 1 aromatic carbocycles. The van der Waals surface area contributed by atoms with Crippen molar-refractivity contribution < 1.29 is 14.2 Å². The molecule has 0 saturated carbocycles. The van der Waals surface area contributed by atoms with E-state index in [-0.39, 0.29) is 6.04 Å². The maximum Gasteiger partial charge on any atom is 0.191 e. The van der Waals surface area contributed by atoms with Crippen molar-refractivity contribution in [3.05, 3.63) is 24.3 Å². The minimum absolute atomic E-state index is 0.216. The molecule has 0 heterocycles. The van der Waals surface area contributed by atoms with E-state index < -0.39 is 0 Å². The monoisotopic (exact) mass is 323 g/mol. The molecule has 23 heavy (non-hydrogen) atoms. The summed E-state index contributed by atoms with van der Waals surface area (Å²) >= 11 is 0. The Morgan fingerprint density at radius 1 is 1.17 bits per heavy atom.